The zero-order valence-corrected chi connectivity index (χ0v) is 25.5. The van der Waals surface area contributed by atoms with Crippen molar-refractivity contribution in [2.75, 3.05) is 18.4 Å². The van der Waals surface area contributed by atoms with E-state index in [1.807, 2.05) is 13.0 Å². The Bertz CT molecular complexity index is 1600. The van der Waals surface area contributed by atoms with Crippen molar-refractivity contribution in [2.24, 2.45) is 5.92 Å². The summed E-state index contributed by atoms with van der Waals surface area (Å²) in [7, 11) is 0. The zero-order valence-electron chi connectivity index (χ0n) is 25.5. The Kier molecular flexibility index (Phi) is 7.78. The number of piperidine rings is 1. The quantitative estimate of drug-likeness (QED) is 0.300. The lowest BCUT2D eigenvalue weighted by Gasteiger charge is -2.47. The van der Waals surface area contributed by atoms with Gasteiger partial charge in [0, 0.05) is 42.4 Å². The molecule has 4 aliphatic rings. The molecule has 1 saturated carbocycles. The molecule has 228 valence electrons. The fraction of sp³-hybridized carbons (Fsp3) is 0.588. The maximum absolute atomic E-state index is 16.1. The summed E-state index contributed by atoms with van der Waals surface area (Å²) < 4.78 is 33.9. The van der Waals surface area contributed by atoms with Crippen LogP contribution < -0.4 is 10.9 Å². The fourth-order valence-electron chi connectivity index (χ4n) is 7.21. The second-order valence-electron chi connectivity index (χ2n) is 13.5. The van der Waals surface area contributed by atoms with Crippen LogP contribution in [0.5, 0.6) is 0 Å². The van der Waals surface area contributed by atoms with Crippen LogP contribution in [-0.4, -0.2) is 38.1 Å². The molecule has 7 nitrogen and oxygen atoms in total. The van der Waals surface area contributed by atoms with Gasteiger partial charge in [0.15, 0.2) is 0 Å². The molecular formula is C34H42F2N6O. The van der Waals surface area contributed by atoms with Crippen LogP contribution >= 0.6 is 0 Å². The lowest BCUT2D eigenvalue weighted by Crippen LogP contribution is -2.52. The number of anilines is 1. The Morgan fingerprint density at radius 3 is 2.49 bits per heavy atom. The highest BCUT2D eigenvalue weighted by Gasteiger charge is 2.55. The topological polar surface area (TPSA) is 67.4 Å². The van der Waals surface area contributed by atoms with E-state index in [0.717, 1.165) is 44.2 Å². The first kappa shape index (κ1) is 29.7. The Labute approximate surface area is 252 Å². The molecule has 1 aliphatic carbocycles. The van der Waals surface area contributed by atoms with Crippen LogP contribution in [0.3, 0.4) is 0 Å². The molecule has 0 radical (unpaired) electrons. The summed E-state index contributed by atoms with van der Waals surface area (Å²) in [6.45, 7) is 16.1. The first-order valence-corrected chi connectivity index (χ1v) is 15.8. The molecular weight excluding hydrogens is 546 g/mol. The van der Waals surface area contributed by atoms with E-state index in [-0.39, 0.29) is 22.7 Å². The van der Waals surface area contributed by atoms with E-state index in [4.69, 9.17) is 6.57 Å². The largest absolute Gasteiger partial charge is 0.363 e. The van der Waals surface area contributed by atoms with Gasteiger partial charge in [-0.15, -0.1) is 0 Å². The van der Waals surface area contributed by atoms with E-state index in [0.29, 0.717) is 61.2 Å². The zero-order chi connectivity index (χ0) is 30.4. The highest BCUT2D eigenvalue weighted by atomic mass is 19.3. The molecule has 7 rings (SSSR count). The normalized spacial score (nSPS) is 26.7. The summed E-state index contributed by atoms with van der Waals surface area (Å²) in [6.07, 6.45) is 8.66. The predicted octanol–water partition coefficient (Wildman–Crippen LogP) is 7.42. The minimum absolute atomic E-state index is 0.0511. The molecule has 0 spiro atoms. The maximum atomic E-state index is 16.1. The number of halogens is 2. The van der Waals surface area contributed by atoms with Crippen molar-refractivity contribution in [2.45, 2.75) is 108 Å². The molecule has 43 heavy (non-hydrogen) atoms. The third-order valence-electron chi connectivity index (χ3n) is 10.1. The number of hydrogen-bond acceptors (Lipinski definition) is 5. The van der Waals surface area contributed by atoms with Crippen LogP contribution in [0.2, 0.25) is 0 Å². The molecule has 5 heterocycles. The molecule has 0 amide bonds. The number of benzene rings is 1. The molecule has 2 unspecified atom stereocenters. The Hall–Kier alpha value is -3.38. The van der Waals surface area contributed by atoms with Gasteiger partial charge in [0.2, 0.25) is 0 Å². The van der Waals surface area contributed by atoms with Crippen molar-refractivity contribution in [1.82, 2.24) is 19.4 Å². The van der Waals surface area contributed by atoms with Gasteiger partial charge in [0.1, 0.15) is 23.4 Å². The lowest BCUT2D eigenvalue weighted by atomic mass is 9.77. The molecule has 1 saturated heterocycles. The lowest BCUT2D eigenvalue weighted by molar-refractivity contribution is -0.109. The average molecular weight is 589 g/mol. The van der Waals surface area contributed by atoms with E-state index < -0.39 is 17.4 Å². The van der Waals surface area contributed by atoms with Crippen molar-refractivity contribution in [3.05, 3.63) is 75.1 Å². The summed E-state index contributed by atoms with van der Waals surface area (Å²) in [6, 6.07) is 8.22. The first-order valence-electron chi connectivity index (χ1n) is 15.8. The van der Waals surface area contributed by atoms with Gasteiger partial charge in [-0.1, -0.05) is 37.5 Å². The van der Waals surface area contributed by atoms with Gasteiger partial charge in [-0.3, -0.25) is 14.3 Å². The van der Waals surface area contributed by atoms with Crippen molar-refractivity contribution in [3.8, 4) is 0 Å². The Balaban J connectivity index is 1.41. The third kappa shape index (κ3) is 5.55. The van der Waals surface area contributed by atoms with Crippen molar-refractivity contribution in [1.29, 1.82) is 0 Å². The van der Waals surface area contributed by atoms with Crippen LogP contribution in [0.1, 0.15) is 101 Å². The molecule has 2 aromatic heterocycles. The van der Waals surface area contributed by atoms with Gasteiger partial charge in [-0.2, -0.15) is 0 Å². The second kappa shape index (κ2) is 11.3. The number of aromatic nitrogens is 3. The van der Waals surface area contributed by atoms with Crippen molar-refractivity contribution in [3.63, 3.8) is 0 Å². The SMILES string of the molecule is [C-]#[N+]C1(c2cc3c4ncnc3n(c2=O)CCCCCCCN2CCC(CC2(C)C)C(F)(F)c2cccc(c2)[C@@H](C)N4)CC1. The standard InChI is InChI=1S/C34H42F2N6O/c1-23-24-11-10-12-25(19-24)34(35,36)26-13-18-41(32(2,3)21-26)16-8-6-5-7-9-17-42-30-27(29(40-23)38-22-39-30)20-28(31(42)43)33(37-4)14-15-33/h10-12,19-20,22-23,26H,5-9,13-18,21H2,1-3H3,(H,38,39,40)/t23-,26?/m1/s1. The molecule has 2 fully saturated rings. The smallest absolute Gasteiger partial charge is 0.276 e. The molecule has 1 aromatic carbocycles. The minimum Gasteiger partial charge on any atom is -0.363 e. The third-order valence-corrected chi connectivity index (χ3v) is 10.1. The van der Waals surface area contributed by atoms with E-state index in [1.54, 1.807) is 28.8 Å². The molecule has 1 N–H and O–H groups in total. The van der Waals surface area contributed by atoms with Gasteiger partial charge < -0.3 is 10.2 Å². The Morgan fingerprint density at radius 2 is 1.77 bits per heavy atom. The van der Waals surface area contributed by atoms with Crippen LogP contribution in [0, 0.1) is 12.5 Å². The molecule has 3 aliphatic heterocycles. The van der Waals surface area contributed by atoms with Crippen LogP contribution in [0.25, 0.3) is 15.9 Å². The first-order chi connectivity index (χ1) is 20.6. The summed E-state index contributed by atoms with van der Waals surface area (Å²) in [5.41, 5.74) is 0.625. The average Bonchev–Trinajstić information content (AvgIpc) is 3.78. The Morgan fingerprint density at radius 1 is 1.02 bits per heavy atom. The second-order valence-corrected chi connectivity index (χ2v) is 13.5. The van der Waals surface area contributed by atoms with Gasteiger partial charge in [0.05, 0.1) is 5.39 Å². The highest BCUT2D eigenvalue weighted by Crippen LogP contribution is 2.49. The fourth-order valence-corrected chi connectivity index (χ4v) is 7.21. The van der Waals surface area contributed by atoms with E-state index in [2.05, 4.69) is 38.9 Å². The molecule has 3 aromatic rings. The number of alkyl halides is 2. The van der Waals surface area contributed by atoms with Crippen molar-refractivity contribution >= 4 is 16.9 Å². The molecule has 9 heteroatoms. The number of hydrogen-bond donors (Lipinski definition) is 1. The monoisotopic (exact) mass is 588 g/mol. The summed E-state index contributed by atoms with van der Waals surface area (Å²) in [4.78, 5) is 29.1. The number of pyridine rings is 1. The number of rotatable bonds is 1. The highest BCUT2D eigenvalue weighted by molar-refractivity contribution is 5.87. The van der Waals surface area contributed by atoms with Gasteiger partial charge in [0.25, 0.3) is 17.0 Å². The van der Waals surface area contributed by atoms with Gasteiger partial charge >= 0.3 is 0 Å². The van der Waals surface area contributed by atoms with Crippen LogP contribution in [0.15, 0.2) is 41.5 Å². The minimum atomic E-state index is -2.94. The van der Waals surface area contributed by atoms with Crippen LogP contribution in [0.4, 0.5) is 14.6 Å². The number of fused-ring (bicyclic) bond motifs is 9. The maximum Gasteiger partial charge on any atom is 0.276 e. The number of aryl methyl sites for hydroxylation is 1. The molecule has 3 atom stereocenters. The summed E-state index contributed by atoms with van der Waals surface area (Å²) >= 11 is 0. The van der Waals surface area contributed by atoms with E-state index in [1.165, 1.54) is 6.33 Å². The number of nitrogens with zero attached hydrogens (tertiary/aromatic N) is 5. The van der Waals surface area contributed by atoms with Gasteiger partial charge in [-0.05, 0) is 77.2 Å². The van der Waals surface area contributed by atoms with Crippen LogP contribution in [-0.2, 0) is 18.0 Å². The van der Waals surface area contributed by atoms with Crippen molar-refractivity contribution < 1.29 is 8.78 Å². The van der Waals surface area contributed by atoms with E-state index in [9.17, 15) is 4.79 Å². The predicted molar refractivity (Wildman–Crippen MR) is 165 cm³/mol. The molecule has 8 bridgehead atoms. The van der Waals surface area contributed by atoms with E-state index >= 15 is 8.78 Å². The van der Waals surface area contributed by atoms with Gasteiger partial charge in [-0.25, -0.2) is 25.3 Å². The summed E-state index contributed by atoms with van der Waals surface area (Å²) in [5.74, 6) is -3.13. The summed E-state index contributed by atoms with van der Waals surface area (Å²) in [5, 5.41) is 4.11. The number of nitrogens with one attached hydrogen (secondary N) is 1.